The molecule has 1 atom stereocenters. The maximum atomic E-state index is 12.3. The second-order valence-electron chi connectivity index (χ2n) is 5.91. The van der Waals surface area contributed by atoms with Crippen molar-refractivity contribution in [2.24, 2.45) is 5.92 Å². The number of hydrogen-bond donors (Lipinski definition) is 3. The predicted octanol–water partition coefficient (Wildman–Crippen LogP) is 0.840. The first-order chi connectivity index (χ1) is 11.7. The van der Waals surface area contributed by atoms with Gasteiger partial charge in [-0.15, -0.1) is 0 Å². The van der Waals surface area contributed by atoms with Crippen LogP contribution in [0.5, 0.6) is 0 Å². The first kappa shape index (κ1) is 21.1. The van der Waals surface area contributed by atoms with E-state index in [1.54, 1.807) is 0 Å². The molecule has 1 aromatic carbocycles. The lowest BCUT2D eigenvalue weighted by molar-refractivity contribution is -0.139. The Labute approximate surface area is 147 Å². The van der Waals surface area contributed by atoms with Gasteiger partial charge in [0.05, 0.1) is 11.5 Å². The molecule has 0 saturated carbocycles. The van der Waals surface area contributed by atoms with Crippen LogP contribution >= 0.6 is 0 Å². The summed E-state index contributed by atoms with van der Waals surface area (Å²) in [6, 6.07) is 4.39. The van der Waals surface area contributed by atoms with Gasteiger partial charge in [-0.3, -0.25) is 4.79 Å². The molecular weight excluding hydrogens is 348 g/mol. The molecule has 1 unspecified atom stereocenters. The summed E-state index contributed by atoms with van der Waals surface area (Å²) in [5, 5.41) is 11.6. The third-order valence-electron chi connectivity index (χ3n) is 3.32. The normalized spacial score (nSPS) is 12.8. The Hall–Kier alpha value is -1.97. The molecule has 25 heavy (non-hydrogen) atoms. The van der Waals surface area contributed by atoms with E-state index in [9.17, 15) is 23.1 Å². The average molecular weight is 372 g/mol. The van der Waals surface area contributed by atoms with Crippen molar-refractivity contribution in [1.29, 1.82) is 0 Å². The van der Waals surface area contributed by atoms with Gasteiger partial charge < -0.3 is 15.2 Å². The van der Waals surface area contributed by atoms with Gasteiger partial charge in [0.1, 0.15) is 6.04 Å². The Morgan fingerprint density at radius 2 is 1.96 bits per heavy atom. The highest BCUT2D eigenvalue weighted by atomic mass is 32.2. The lowest BCUT2D eigenvalue weighted by Crippen LogP contribution is -2.41. The summed E-state index contributed by atoms with van der Waals surface area (Å²) in [4.78, 5) is 23.4. The van der Waals surface area contributed by atoms with E-state index in [0.29, 0.717) is 0 Å². The molecule has 0 aliphatic heterocycles. The summed E-state index contributed by atoms with van der Waals surface area (Å²) in [6.45, 7) is 4.02. The molecule has 0 aromatic heterocycles. The number of aliphatic carboxylic acids is 1. The smallest absolute Gasteiger partial charge is 0.326 e. The van der Waals surface area contributed by atoms with Crippen molar-refractivity contribution >= 4 is 21.9 Å². The van der Waals surface area contributed by atoms with Crippen LogP contribution in [0, 0.1) is 5.92 Å². The number of benzene rings is 1. The van der Waals surface area contributed by atoms with Gasteiger partial charge in [0, 0.05) is 19.2 Å². The topological polar surface area (TPSA) is 122 Å². The molecule has 0 fully saturated rings. The highest BCUT2D eigenvalue weighted by Gasteiger charge is 2.22. The number of carbonyl (C=O) groups is 2. The average Bonchev–Trinajstić information content (AvgIpc) is 2.54. The zero-order chi connectivity index (χ0) is 19.0. The summed E-state index contributed by atoms with van der Waals surface area (Å²) < 4.78 is 31.5. The van der Waals surface area contributed by atoms with E-state index in [0.717, 1.165) is 0 Å². The number of sulfonamides is 1. The van der Waals surface area contributed by atoms with E-state index in [-0.39, 0.29) is 35.9 Å². The van der Waals surface area contributed by atoms with Crippen LogP contribution in [0.3, 0.4) is 0 Å². The second kappa shape index (κ2) is 9.50. The lowest BCUT2D eigenvalue weighted by Gasteiger charge is -2.16. The van der Waals surface area contributed by atoms with Crippen LogP contribution < -0.4 is 10.0 Å². The van der Waals surface area contributed by atoms with Gasteiger partial charge >= 0.3 is 5.97 Å². The largest absolute Gasteiger partial charge is 0.480 e. The minimum absolute atomic E-state index is 0.0737. The number of rotatable bonds is 10. The maximum absolute atomic E-state index is 12.3. The van der Waals surface area contributed by atoms with Crippen LogP contribution in [-0.2, 0) is 19.6 Å². The Morgan fingerprint density at radius 3 is 2.52 bits per heavy atom. The van der Waals surface area contributed by atoms with Crippen LogP contribution in [0.1, 0.15) is 30.6 Å². The second-order valence-corrected chi connectivity index (χ2v) is 7.68. The fraction of sp³-hybridized carbons (Fsp3) is 0.500. The molecule has 0 saturated heterocycles. The molecule has 0 aliphatic carbocycles. The van der Waals surface area contributed by atoms with E-state index in [4.69, 9.17) is 4.74 Å². The van der Waals surface area contributed by atoms with Crippen molar-refractivity contribution in [3.05, 3.63) is 29.8 Å². The van der Waals surface area contributed by atoms with E-state index >= 15 is 0 Å². The molecule has 0 bridgehead atoms. The van der Waals surface area contributed by atoms with Gasteiger partial charge in [0.2, 0.25) is 10.0 Å². The summed E-state index contributed by atoms with van der Waals surface area (Å²) in [6.07, 6.45) is 0.275. The maximum Gasteiger partial charge on any atom is 0.326 e. The zero-order valence-electron chi connectivity index (χ0n) is 14.5. The monoisotopic (exact) mass is 372 g/mol. The van der Waals surface area contributed by atoms with Crippen molar-refractivity contribution in [3.8, 4) is 0 Å². The van der Waals surface area contributed by atoms with Gasteiger partial charge in [-0.05, 0) is 30.5 Å². The molecule has 8 nitrogen and oxygen atoms in total. The molecular formula is C16H24N2O6S. The van der Waals surface area contributed by atoms with Gasteiger partial charge in [-0.1, -0.05) is 19.9 Å². The van der Waals surface area contributed by atoms with E-state index in [1.165, 1.54) is 31.4 Å². The fourth-order valence-electron chi connectivity index (χ4n) is 2.10. The molecule has 0 heterocycles. The minimum atomic E-state index is -3.78. The summed E-state index contributed by atoms with van der Waals surface area (Å²) >= 11 is 0. The Balaban J connectivity index is 2.92. The molecule has 140 valence electrons. The first-order valence-corrected chi connectivity index (χ1v) is 9.28. The third kappa shape index (κ3) is 6.81. The summed E-state index contributed by atoms with van der Waals surface area (Å²) in [5.74, 6) is -1.69. The fourth-order valence-corrected chi connectivity index (χ4v) is 3.16. The van der Waals surface area contributed by atoms with Crippen LogP contribution in [0.15, 0.2) is 29.2 Å². The van der Waals surface area contributed by atoms with Crippen molar-refractivity contribution in [2.45, 2.75) is 31.2 Å². The van der Waals surface area contributed by atoms with Crippen molar-refractivity contribution < 1.29 is 27.9 Å². The Bertz CT molecular complexity index is 702. The lowest BCUT2D eigenvalue weighted by atomic mass is 10.0. The number of amides is 1. The van der Waals surface area contributed by atoms with E-state index in [2.05, 4.69) is 10.0 Å². The van der Waals surface area contributed by atoms with Crippen molar-refractivity contribution in [2.75, 3.05) is 20.3 Å². The molecule has 3 N–H and O–H groups in total. The molecule has 0 aliphatic rings. The number of nitrogens with one attached hydrogen (secondary N) is 2. The predicted molar refractivity (Wildman–Crippen MR) is 91.9 cm³/mol. The molecule has 1 rings (SSSR count). The standard InChI is InChI=1S/C16H24N2O6S/c1-11(2)9-14(16(20)21)18-15(19)12-5-4-6-13(10-12)25(22,23)17-7-8-24-3/h4-6,10-11,14,17H,7-9H2,1-3H3,(H,18,19)(H,20,21). The van der Waals surface area contributed by atoms with Gasteiger partial charge in [-0.25, -0.2) is 17.9 Å². The van der Waals surface area contributed by atoms with Gasteiger partial charge in [0.25, 0.3) is 5.91 Å². The minimum Gasteiger partial charge on any atom is -0.480 e. The highest BCUT2D eigenvalue weighted by Crippen LogP contribution is 2.12. The summed E-state index contributed by atoms with van der Waals surface area (Å²) in [5.41, 5.74) is 0.0737. The van der Waals surface area contributed by atoms with Crippen LogP contribution in [0.2, 0.25) is 0 Å². The first-order valence-electron chi connectivity index (χ1n) is 7.79. The number of hydrogen-bond acceptors (Lipinski definition) is 5. The quantitative estimate of drug-likeness (QED) is 0.523. The summed E-state index contributed by atoms with van der Waals surface area (Å²) in [7, 11) is -2.33. The molecule has 9 heteroatoms. The van der Waals surface area contributed by atoms with Gasteiger partial charge in [-0.2, -0.15) is 0 Å². The number of carbonyl (C=O) groups excluding carboxylic acids is 1. The zero-order valence-corrected chi connectivity index (χ0v) is 15.3. The molecule has 0 spiro atoms. The Kier molecular flexibility index (Phi) is 8.01. The van der Waals surface area contributed by atoms with Crippen LogP contribution in [0.25, 0.3) is 0 Å². The van der Waals surface area contributed by atoms with Crippen molar-refractivity contribution in [3.63, 3.8) is 0 Å². The molecule has 1 amide bonds. The third-order valence-corrected chi connectivity index (χ3v) is 4.77. The number of carboxylic acid groups (broad SMARTS) is 1. The van der Waals surface area contributed by atoms with Crippen LogP contribution in [0.4, 0.5) is 0 Å². The van der Waals surface area contributed by atoms with Crippen LogP contribution in [-0.4, -0.2) is 51.7 Å². The van der Waals surface area contributed by atoms with E-state index < -0.39 is 27.9 Å². The molecule has 1 aromatic rings. The number of ether oxygens (including phenoxy) is 1. The molecule has 0 radical (unpaired) electrons. The van der Waals surface area contributed by atoms with E-state index in [1.807, 2.05) is 13.8 Å². The van der Waals surface area contributed by atoms with Crippen molar-refractivity contribution in [1.82, 2.24) is 10.0 Å². The highest BCUT2D eigenvalue weighted by molar-refractivity contribution is 7.89. The number of methoxy groups -OCH3 is 1. The Morgan fingerprint density at radius 1 is 1.28 bits per heavy atom. The number of carboxylic acids is 1. The SMILES string of the molecule is COCCNS(=O)(=O)c1cccc(C(=O)NC(CC(C)C)C(=O)O)c1. The van der Waals surface area contributed by atoms with Gasteiger partial charge in [0.15, 0.2) is 0 Å².